The van der Waals surface area contributed by atoms with Crippen LogP contribution in [0.5, 0.6) is 0 Å². The Morgan fingerprint density at radius 1 is 1.35 bits per heavy atom. The smallest absolute Gasteiger partial charge is 0.0539 e. The van der Waals surface area contributed by atoms with Gasteiger partial charge in [-0.1, -0.05) is 12.1 Å². The maximum absolute atomic E-state index is 4.22. The van der Waals surface area contributed by atoms with Crippen LogP contribution in [0.4, 0.5) is 5.69 Å². The summed E-state index contributed by atoms with van der Waals surface area (Å²) in [7, 11) is 1.96. The highest BCUT2D eigenvalue weighted by Gasteiger charge is 2.17. The van der Waals surface area contributed by atoms with E-state index >= 15 is 0 Å². The van der Waals surface area contributed by atoms with E-state index in [9.17, 15) is 0 Å². The van der Waals surface area contributed by atoms with Crippen LogP contribution >= 0.6 is 11.8 Å². The minimum atomic E-state index is 0.950. The van der Waals surface area contributed by atoms with Crippen LogP contribution in [0.1, 0.15) is 5.56 Å². The van der Waals surface area contributed by atoms with Gasteiger partial charge >= 0.3 is 0 Å². The van der Waals surface area contributed by atoms with Crippen molar-refractivity contribution < 1.29 is 0 Å². The molecule has 1 aromatic carbocycles. The molecule has 0 N–H and O–H groups in total. The lowest BCUT2D eigenvalue weighted by Gasteiger charge is -2.30. The number of anilines is 1. The molecule has 0 fully saturated rings. The monoisotopic (exact) mass is 245 g/mol. The lowest BCUT2D eigenvalue weighted by molar-refractivity contribution is 0.764. The van der Waals surface area contributed by atoms with Gasteiger partial charge in [-0.05, 0) is 12.1 Å². The van der Waals surface area contributed by atoms with Crippen molar-refractivity contribution in [3.05, 3.63) is 42.2 Å². The Morgan fingerprint density at radius 3 is 3.06 bits per heavy atom. The number of hydrogen-bond acceptors (Lipinski definition) is 3. The largest absolute Gasteiger partial charge is 0.365 e. The molecule has 17 heavy (non-hydrogen) atoms. The van der Waals surface area contributed by atoms with Crippen LogP contribution in [0.25, 0.3) is 0 Å². The standard InChI is InChI=1S/C13H15N3S/c1-15-9-11(8-14-15)10-16-6-7-17-13-5-3-2-4-12(13)16/h2-5,8-9H,6-7,10H2,1H3. The van der Waals surface area contributed by atoms with Crippen LogP contribution in [0.3, 0.4) is 0 Å². The zero-order valence-electron chi connectivity index (χ0n) is 9.84. The van der Waals surface area contributed by atoms with E-state index in [-0.39, 0.29) is 0 Å². The molecule has 1 aliphatic heterocycles. The van der Waals surface area contributed by atoms with Crippen LogP contribution in [0, 0.1) is 0 Å². The molecule has 0 unspecified atom stereocenters. The Labute approximate surface area is 105 Å². The van der Waals surface area contributed by atoms with Crippen LogP contribution in [0.2, 0.25) is 0 Å². The molecule has 88 valence electrons. The second kappa shape index (κ2) is 4.45. The third-order valence-corrected chi connectivity index (χ3v) is 4.00. The molecule has 4 heteroatoms. The van der Waals surface area contributed by atoms with Crippen LogP contribution in [0.15, 0.2) is 41.6 Å². The van der Waals surface area contributed by atoms with E-state index in [1.54, 1.807) is 0 Å². The van der Waals surface area contributed by atoms with Gasteiger partial charge in [0.1, 0.15) is 0 Å². The van der Waals surface area contributed by atoms with Gasteiger partial charge in [0.15, 0.2) is 0 Å². The van der Waals surface area contributed by atoms with Gasteiger partial charge in [-0.25, -0.2) is 0 Å². The third kappa shape index (κ3) is 2.17. The first kappa shape index (κ1) is 10.7. The summed E-state index contributed by atoms with van der Waals surface area (Å²) >= 11 is 1.95. The summed E-state index contributed by atoms with van der Waals surface area (Å²) in [5.74, 6) is 1.16. The molecule has 0 aliphatic carbocycles. The van der Waals surface area contributed by atoms with Crippen molar-refractivity contribution in [2.45, 2.75) is 11.4 Å². The molecule has 2 aromatic rings. The molecular weight excluding hydrogens is 230 g/mol. The average Bonchev–Trinajstić information content (AvgIpc) is 2.75. The van der Waals surface area contributed by atoms with Gasteiger partial charge in [0, 0.05) is 42.5 Å². The highest BCUT2D eigenvalue weighted by Crippen LogP contribution is 2.34. The number of nitrogens with zero attached hydrogens (tertiary/aromatic N) is 3. The molecule has 0 radical (unpaired) electrons. The SMILES string of the molecule is Cn1cc(CN2CCSc3ccccc32)cn1. The van der Waals surface area contributed by atoms with Crippen LogP contribution in [-0.4, -0.2) is 22.1 Å². The first-order chi connectivity index (χ1) is 8.33. The number of fused-ring (bicyclic) bond motifs is 1. The fourth-order valence-electron chi connectivity index (χ4n) is 2.16. The summed E-state index contributed by atoms with van der Waals surface area (Å²) in [4.78, 5) is 3.82. The molecule has 1 aromatic heterocycles. The van der Waals surface area contributed by atoms with Gasteiger partial charge in [-0.2, -0.15) is 5.10 Å². The van der Waals surface area contributed by atoms with Crippen molar-refractivity contribution in [3.63, 3.8) is 0 Å². The van der Waals surface area contributed by atoms with Gasteiger partial charge in [-0.3, -0.25) is 4.68 Å². The van der Waals surface area contributed by atoms with Crippen molar-refractivity contribution in [2.24, 2.45) is 7.05 Å². The molecule has 0 spiro atoms. The number of aryl methyl sites for hydroxylation is 1. The second-order valence-corrected chi connectivity index (χ2v) is 5.40. The normalized spacial score (nSPS) is 14.8. The zero-order chi connectivity index (χ0) is 11.7. The van der Waals surface area contributed by atoms with Gasteiger partial charge in [0.05, 0.1) is 11.9 Å². The number of hydrogen-bond donors (Lipinski definition) is 0. The lowest BCUT2D eigenvalue weighted by atomic mass is 10.2. The average molecular weight is 245 g/mol. The highest BCUT2D eigenvalue weighted by atomic mass is 32.2. The van der Waals surface area contributed by atoms with Crippen molar-refractivity contribution in [2.75, 3.05) is 17.2 Å². The first-order valence-corrected chi connectivity index (χ1v) is 6.76. The number of rotatable bonds is 2. The molecule has 0 amide bonds. The Bertz CT molecular complexity index is 521. The zero-order valence-corrected chi connectivity index (χ0v) is 10.7. The minimum Gasteiger partial charge on any atom is -0.365 e. The Balaban J connectivity index is 1.85. The maximum Gasteiger partial charge on any atom is 0.0539 e. The summed E-state index contributed by atoms with van der Waals surface area (Å²) in [6.07, 6.45) is 4.04. The number of thioether (sulfide) groups is 1. The number of para-hydroxylation sites is 1. The predicted molar refractivity (Wildman–Crippen MR) is 71.4 cm³/mol. The molecule has 1 aliphatic rings. The molecule has 0 saturated carbocycles. The van der Waals surface area contributed by atoms with E-state index in [4.69, 9.17) is 0 Å². The molecular formula is C13H15N3S. The molecule has 0 atom stereocenters. The van der Waals surface area contributed by atoms with E-state index in [0.29, 0.717) is 0 Å². The quantitative estimate of drug-likeness (QED) is 0.811. The van der Waals surface area contributed by atoms with E-state index in [0.717, 1.165) is 18.8 Å². The Hall–Kier alpha value is -1.42. The first-order valence-electron chi connectivity index (χ1n) is 5.77. The van der Waals surface area contributed by atoms with E-state index in [1.165, 1.54) is 16.1 Å². The minimum absolute atomic E-state index is 0.950. The van der Waals surface area contributed by atoms with Gasteiger partial charge in [0.2, 0.25) is 0 Å². The van der Waals surface area contributed by atoms with Crippen LogP contribution < -0.4 is 4.90 Å². The van der Waals surface area contributed by atoms with Crippen LogP contribution in [-0.2, 0) is 13.6 Å². The van der Waals surface area contributed by atoms with E-state index in [1.807, 2.05) is 29.7 Å². The van der Waals surface area contributed by atoms with Crippen molar-refractivity contribution >= 4 is 17.4 Å². The summed E-state index contributed by atoms with van der Waals surface area (Å²) in [6.45, 7) is 2.06. The second-order valence-electron chi connectivity index (χ2n) is 4.26. The Kier molecular flexibility index (Phi) is 2.81. The van der Waals surface area contributed by atoms with Crippen molar-refractivity contribution in [3.8, 4) is 0 Å². The summed E-state index contributed by atoms with van der Waals surface area (Å²) < 4.78 is 1.86. The molecule has 3 rings (SSSR count). The summed E-state index contributed by atoms with van der Waals surface area (Å²) in [6, 6.07) is 8.63. The van der Waals surface area contributed by atoms with E-state index in [2.05, 4.69) is 40.5 Å². The third-order valence-electron chi connectivity index (χ3n) is 2.96. The molecule has 0 saturated heterocycles. The van der Waals surface area contributed by atoms with Crippen molar-refractivity contribution in [1.82, 2.24) is 9.78 Å². The predicted octanol–water partition coefficient (Wildman–Crippen LogP) is 2.53. The van der Waals surface area contributed by atoms with Gasteiger partial charge < -0.3 is 4.90 Å². The summed E-state index contributed by atoms with van der Waals surface area (Å²) in [5, 5.41) is 4.22. The van der Waals surface area contributed by atoms with Crippen molar-refractivity contribution in [1.29, 1.82) is 0 Å². The topological polar surface area (TPSA) is 21.1 Å². The summed E-state index contributed by atoms with van der Waals surface area (Å²) in [5.41, 5.74) is 2.63. The fraction of sp³-hybridized carbons (Fsp3) is 0.308. The lowest BCUT2D eigenvalue weighted by Crippen LogP contribution is -2.28. The maximum atomic E-state index is 4.22. The Morgan fingerprint density at radius 2 is 2.24 bits per heavy atom. The van der Waals surface area contributed by atoms with Gasteiger partial charge in [0.25, 0.3) is 0 Å². The molecule has 0 bridgehead atoms. The van der Waals surface area contributed by atoms with Gasteiger partial charge in [-0.15, -0.1) is 11.8 Å². The number of aromatic nitrogens is 2. The number of benzene rings is 1. The highest BCUT2D eigenvalue weighted by molar-refractivity contribution is 7.99. The fourth-order valence-corrected chi connectivity index (χ4v) is 3.22. The van der Waals surface area contributed by atoms with E-state index < -0.39 is 0 Å². The molecule has 2 heterocycles. The molecule has 3 nitrogen and oxygen atoms in total.